The Hall–Kier alpha value is -1.18. The maximum Gasteiger partial charge on any atom is 0.305 e. The predicted octanol–water partition coefficient (Wildman–Crippen LogP) is 1.45. The molecule has 1 aromatic rings. The number of halogens is 1. The van der Waals surface area contributed by atoms with Crippen molar-refractivity contribution in [2.24, 2.45) is 0 Å². The number of benzene rings is 1. The topological polar surface area (TPSA) is 83.6 Å². The third kappa shape index (κ3) is 3.15. The van der Waals surface area contributed by atoms with E-state index in [1.165, 1.54) is 12.1 Å². The van der Waals surface area contributed by atoms with Gasteiger partial charge in [-0.2, -0.15) is 17.0 Å². The zero-order chi connectivity index (χ0) is 13.0. The van der Waals surface area contributed by atoms with Gasteiger partial charge in [-0.3, -0.25) is 10.1 Å². The summed E-state index contributed by atoms with van der Waals surface area (Å²) in [4.78, 5) is 9.62. The number of hydrogen-bond donors (Lipinski definition) is 3. The highest BCUT2D eigenvalue weighted by Gasteiger charge is 2.25. The van der Waals surface area contributed by atoms with E-state index >= 15 is 0 Å². The number of hydrogen-bond acceptors (Lipinski definition) is 5. The smallest absolute Gasteiger partial charge is 0.305 e. The normalized spacial score (nSPS) is 14.4. The quantitative estimate of drug-likeness (QED) is 0.425. The summed E-state index contributed by atoms with van der Waals surface area (Å²) in [5.74, 6) is -0.808. The summed E-state index contributed by atoms with van der Waals surface area (Å²) in [5, 5.41) is 29.7. The molecule has 2 atom stereocenters. The Morgan fingerprint density at radius 2 is 2.12 bits per heavy atom. The first-order valence-corrected chi connectivity index (χ1v) is 5.52. The van der Waals surface area contributed by atoms with Gasteiger partial charge in [0.15, 0.2) is 0 Å². The fraction of sp³-hybridized carbons (Fsp3) is 0.400. The lowest BCUT2D eigenvalue weighted by atomic mass is 10.0. The molecule has 0 fully saturated rings. The molecule has 17 heavy (non-hydrogen) atoms. The highest BCUT2D eigenvalue weighted by atomic mass is 32.1. The van der Waals surface area contributed by atoms with Crippen LogP contribution in [0.2, 0.25) is 0 Å². The number of thiol groups is 1. The van der Waals surface area contributed by atoms with Gasteiger partial charge in [-0.25, -0.2) is 0 Å². The van der Waals surface area contributed by atoms with Gasteiger partial charge in [0.1, 0.15) is 6.10 Å². The van der Waals surface area contributed by atoms with E-state index in [2.05, 4.69) is 12.6 Å². The lowest BCUT2D eigenvalue weighted by molar-refractivity contribution is -0.387. The molecule has 2 unspecified atom stereocenters. The van der Waals surface area contributed by atoms with E-state index in [4.69, 9.17) is 0 Å². The summed E-state index contributed by atoms with van der Waals surface area (Å²) < 4.78 is 13.6. The second kappa shape index (κ2) is 5.95. The summed E-state index contributed by atoms with van der Waals surface area (Å²) in [6.07, 6.45) is -2.54. The van der Waals surface area contributed by atoms with E-state index in [1.54, 1.807) is 0 Å². The molecule has 0 spiro atoms. The summed E-state index contributed by atoms with van der Waals surface area (Å²) >= 11 is 3.87. The SMILES string of the molecule is O=[N+]([O-])c1cccc(C(O)C(O)CCS)c1F. The minimum Gasteiger partial charge on any atom is -0.390 e. The van der Waals surface area contributed by atoms with Gasteiger partial charge in [0, 0.05) is 11.6 Å². The van der Waals surface area contributed by atoms with Gasteiger partial charge in [0.2, 0.25) is 5.82 Å². The van der Waals surface area contributed by atoms with E-state index in [0.29, 0.717) is 5.75 Å². The molecule has 0 aliphatic carbocycles. The van der Waals surface area contributed by atoms with Crippen LogP contribution in [0.4, 0.5) is 10.1 Å². The van der Waals surface area contributed by atoms with Crippen molar-refractivity contribution in [3.05, 3.63) is 39.7 Å². The minimum absolute atomic E-state index is 0.159. The van der Waals surface area contributed by atoms with Crippen molar-refractivity contribution in [1.29, 1.82) is 0 Å². The summed E-state index contributed by atoms with van der Waals surface area (Å²) in [7, 11) is 0. The lowest BCUT2D eigenvalue weighted by Crippen LogP contribution is -2.20. The summed E-state index contributed by atoms with van der Waals surface area (Å²) in [5.41, 5.74) is -1.01. The Morgan fingerprint density at radius 1 is 1.47 bits per heavy atom. The standard InChI is InChI=1S/C10H12FNO4S/c11-9-6(10(14)8(13)4-5-17)2-1-3-7(9)12(15)16/h1-3,8,10,13-14,17H,4-5H2. The first-order chi connectivity index (χ1) is 7.99. The first-order valence-electron chi connectivity index (χ1n) is 4.88. The van der Waals surface area contributed by atoms with Crippen molar-refractivity contribution >= 4 is 18.3 Å². The van der Waals surface area contributed by atoms with Crippen LogP contribution in [0, 0.1) is 15.9 Å². The second-order valence-corrected chi connectivity index (χ2v) is 3.91. The highest BCUT2D eigenvalue weighted by molar-refractivity contribution is 7.80. The molecule has 0 saturated heterocycles. The van der Waals surface area contributed by atoms with Crippen molar-refractivity contribution in [3.63, 3.8) is 0 Å². The van der Waals surface area contributed by atoms with Crippen molar-refractivity contribution < 1.29 is 19.5 Å². The van der Waals surface area contributed by atoms with Crippen LogP contribution in [0.3, 0.4) is 0 Å². The largest absolute Gasteiger partial charge is 0.390 e. The average molecular weight is 261 g/mol. The first kappa shape index (κ1) is 13.9. The summed E-state index contributed by atoms with van der Waals surface area (Å²) in [6.45, 7) is 0. The third-order valence-corrected chi connectivity index (χ3v) is 2.57. The Kier molecular flexibility index (Phi) is 4.86. The maximum absolute atomic E-state index is 13.6. The van der Waals surface area contributed by atoms with E-state index in [-0.39, 0.29) is 12.0 Å². The number of nitro benzene ring substituents is 1. The predicted molar refractivity (Wildman–Crippen MR) is 62.5 cm³/mol. The van der Waals surface area contributed by atoms with Crippen molar-refractivity contribution in [2.45, 2.75) is 18.6 Å². The molecule has 7 heteroatoms. The van der Waals surface area contributed by atoms with Crippen LogP contribution in [-0.2, 0) is 0 Å². The van der Waals surface area contributed by atoms with Crippen molar-refractivity contribution in [2.75, 3.05) is 5.75 Å². The number of nitro groups is 1. The fourth-order valence-corrected chi connectivity index (χ4v) is 1.67. The Morgan fingerprint density at radius 3 is 2.65 bits per heavy atom. The number of rotatable bonds is 5. The lowest BCUT2D eigenvalue weighted by Gasteiger charge is -2.17. The zero-order valence-corrected chi connectivity index (χ0v) is 9.68. The fourth-order valence-electron chi connectivity index (χ4n) is 1.40. The van der Waals surface area contributed by atoms with Gasteiger partial charge in [0.05, 0.1) is 11.0 Å². The number of nitrogens with zero attached hydrogens (tertiary/aromatic N) is 1. The van der Waals surface area contributed by atoms with Gasteiger partial charge >= 0.3 is 5.69 Å². The third-order valence-electron chi connectivity index (χ3n) is 2.31. The average Bonchev–Trinajstić information content (AvgIpc) is 2.28. The van der Waals surface area contributed by atoms with Gasteiger partial charge in [-0.05, 0) is 12.2 Å². The van der Waals surface area contributed by atoms with Gasteiger partial charge in [-0.1, -0.05) is 12.1 Å². The molecule has 0 amide bonds. The molecule has 0 aliphatic heterocycles. The molecule has 2 N–H and O–H groups in total. The Balaban J connectivity index is 3.06. The van der Waals surface area contributed by atoms with Crippen LogP contribution >= 0.6 is 12.6 Å². The minimum atomic E-state index is -1.50. The molecule has 0 heterocycles. The molecule has 1 aromatic carbocycles. The maximum atomic E-state index is 13.6. The molecule has 0 bridgehead atoms. The molecular formula is C10H12FNO4S. The Labute approximate surface area is 102 Å². The van der Waals surface area contributed by atoms with E-state index < -0.39 is 28.6 Å². The molecular weight excluding hydrogens is 249 g/mol. The van der Waals surface area contributed by atoms with Gasteiger partial charge in [0.25, 0.3) is 0 Å². The highest BCUT2D eigenvalue weighted by Crippen LogP contribution is 2.27. The monoisotopic (exact) mass is 261 g/mol. The van der Waals surface area contributed by atoms with Gasteiger partial charge < -0.3 is 10.2 Å². The summed E-state index contributed by atoms with van der Waals surface area (Å²) in [6, 6.07) is 3.46. The van der Waals surface area contributed by atoms with E-state index in [0.717, 1.165) is 6.07 Å². The van der Waals surface area contributed by atoms with Crippen LogP contribution in [-0.4, -0.2) is 27.0 Å². The van der Waals surface area contributed by atoms with Crippen LogP contribution in [0.25, 0.3) is 0 Å². The van der Waals surface area contributed by atoms with Crippen molar-refractivity contribution in [1.82, 2.24) is 0 Å². The molecule has 5 nitrogen and oxygen atoms in total. The second-order valence-electron chi connectivity index (χ2n) is 3.46. The Bertz CT molecular complexity index is 415. The molecule has 0 radical (unpaired) electrons. The van der Waals surface area contributed by atoms with Crippen LogP contribution in [0.1, 0.15) is 18.1 Å². The molecule has 94 valence electrons. The van der Waals surface area contributed by atoms with E-state index in [1.807, 2.05) is 0 Å². The van der Waals surface area contributed by atoms with E-state index in [9.17, 15) is 24.7 Å². The molecule has 0 aliphatic rings. The van der Waals surface area contributed by atoms with Crippen LogP contribution < -0.4 is 0 Å². The zero-order valence-electron chi connectivity index (χ0n) is 8.78. The molecule has 0 aromatic heterocycles. The van der Waals surface area contributed by atoms with Gasteiger partial charge in [-0.15, -0.1) is 0 Å². The molecule has 1 rings (SSSR count). The number of aliphatic hydroxyl groups excluding tert-OH is 2. The number of aliphatic hydroxyl groups is 2. The van der Waals surface area contributed by atoms with Crippen molar-refractivity contribution in [3.8, 4) is 0 Å². The molecule has 0 saturated carbocycles. The van der Waals surface area contributed by atoms with Crippen LogP contribution in [0.15, 0.2) is 18.2 Å². The van der Waals surface area contributed by atoms with Crippen LogP contribution in [0.5, 0.6) is 0 Å².